The van der Waals surface area contributed by atoms with Crippen molar-refractivity contribution >= 4 is 0 Å². The number of hydrogen-bond donors (Lipinski definition) is 0. The third kappa shape index (κ3) is 0.743. The smallest absolute Gasteiger partial charge is 0.0287 e. The van der Waals surface area contributed by atoms with Crippen LogP contribution in [0.5, 0.6) is 0 Å². The standard InChI is InChI=1S/C13H23N/c1-12-7-4-8-13(12,14(2)3)11-6-5-10(12)9-11/h10-11H,4-9H2,1-3H3/t10-,11+,12+,13+/m1/s1. The zero-order valence-electron chi connectivity index (χ0n) is 9.84. The molecule has 0 aromatic carbocycles. The molecule has 14 heavy (non-hydrogen) atoms. The lowest BCUT2D eigenvalue weighted by atomic mass is 9.63. The maximum atomic E-state index is 2.59. The van der Waals surface area contributed by atoms with E-state index < -0.39 is 0 Å². The second-order valence-electron chi connectivity index (χ2n) is 6.30. The molecule has 0 N–H and O–H groups in total. The Labute approximate surface area is 87.9 Å². The van der Waals surface area contributed by atoms with Gasteiger partial charge in [-0.05, 0) is 63.5 Å². The van der Waals surface area contributed by atoms with Crippen molar-refractivity contribution in [1.82, 2.24) is 4.90 Å². The predicted octanol–water partition coefficient (Wildman–Crippen LogP) is 2.91. The molecule has 0 aromatic heterocycles. The molecule has 1 heteroatoms. The summed E-state index contributed by atoms with van der Waals surface area (Å²) in [5, 5.41) is 0. The summed E-state index contributed by atoms with van der Waals surface area (Å²) in [4.78, 5) is 2.59. The van der Waals surface area contributed by atoms with E-state index in [9.17, 15) is 0 Å². The molecule has 0 radical (unpaired) electrons. The fraction of sp³-hybridized carbons (Fsp3) is 1.00. The summed E-state index contributed by atoms with van der Waals surface area (Å²) < 4.78 is 0. The Morgan fingerprint density at radius 3 is 2.43 bits per heavy atom. The van der Waals surface area contributed by atoms with Crippen LogP contribution in [0.25, 0.3) is 0 Å². The third-order valence-electron chi connectivity index (χ3n) is 6.05. The van der Waals surface area contributed by atoms with Crippen LogP contribution < -0.4 is 0 Å². The van der Waals surface area contributed by atoms with E-state index in [1.165, 1.54) is 38.5 Å². The minimum Gasteiger partial charge on any atom is -0.303 e. The number of nitrogens with zero attached hydrogens (tertiary/aromatic N) is 1. The molecule has 80 valence electrons. The lowest BCUT2D eigenvalue weighted by Crippen LogP contribution is -2.56. The second kappa shape index (κ2) is 2.55. The first-order valence-electron chi connectivity index (χ1n) is 6.29. The summed E-state index contributed by atoms with van der Waals surface area (Å²) in [7, 11) is 4.65. The van der Waals surface area contributed by atoms with Gasteiger partial charge in [0.05, 0.1) is 0 Å². The molecule has 0 heterocycles. The molecule has 3 aliphatic rings. The van der Waals surface area contributed by atoms with Crippen LogP contribution in [-0.2, 0) is 0 Å². The van der Waals surface area contributed by atoms with E-state index >= 15 is 0 Å². The Morgan fingerprint density at radius 2 is 1.79 bits per heavy atom. The van der Waals surface area contributed by atoms with Crippen LogP contribution in [0.2, 0.25) is 0 Å². The van der Waals surface area contributed by atoms with E-state index in [0.717, 1.165) is 11.8 Å². The average Bonchev–Trinajstić information content (AvgIpc) is 2.71. The molecular formula is C13H23N. The largest absolute Gasteiger partial charge is 0.303 e. The van der Waals surface area contributed by atoms with Crippen LogP contribution in [0.1, 0.15) is 45.4 Å². The molecular weight excluding hydrogens is 170 g/mol. The summed E-state index contributed by atoms with van der Waals surface area (Å²) >= 11 is 0. The number of rotatable bonds is 1. The lowest BCUT2D eigenvalue weighted by Gasteiger charge is -2.51. The molecule has 0 unspecified atom stereocenters. The maximum absolute atomic E-state index is 2.59. The first-order chi connectivity index (χ1) is 6.61. The van der Waals surface area contributed by atoms with Gasteiger partial charge in [0, 0.05) is 5.54 Å². The third-order valence-corrected chi connectivity index (χ3v) is 6.05. The number of hydrogen-bond acceptors (Lipinski definition) is 1. The van der Waals surface area contributed by atoms with Gasteiger partial charge in [-0.25, -0.2) is 0 Å². The molecule has 0 saturated heterocycles. The molecule has 2 bridgehead atoms. The summed E-state index contributed by atoms with van der Waals surface area (Å²) in [6.07, 6.45) is 9.01. The van der Waals surface area contributed by atoms with Crippen LogP contribution >= 0.6 is 0 Å². The molecule has 4 atom stereocenters. The van der Waals surface area contributed by atoms with Crippen molar-refractivity contribution in [1.29, 1.82) is 0 Å². The van der Waals surface area contributed by atoms with Gasteiger partial charge in [-0.3, -0.25) is 0 Å². The van der Waals surface area contributed by atoms with Gasteiger partial charge < -0.3 is 4.90 Å². The van der Waals surface area contributed by atoms with Crippen molar-refractivity contribution in [3.8, 4) is 0 Å². The average molecular weight is 193 g/mol. The highest BCUT2D eigenvalue weighted by Gasteiger charge is 2.67. The van der Waals surface area contributed by atoms with Crippen molar-refractivity contribution in [2.75, 3.05) is 14.1 Å². The summed E-state index contributed by atoms with van der Waals surface area (Å²) in [6.45, 7) is 2.59. The van der Waals surface area contributed by atoms with E-state index in [2.05, 4.69) is 25.9 Å². The fourth-order valence-electron chi connectivity index (χ4n) is 5.55. The highest BCUT2D eigenvalue weighted by Crippen LogP contribution is 2.69. The van der Waals surface area contributed by atoms with Gasteiger partial charge in [-0.1, -0.05) is 13.3 Å². The minimum atomic E-state index is 0.593. The molecule has 1 nitrogen and oxygen atoms in total. The minimum absolute atomic E-state index is 0.593. The van der Waals surface area contributed by atoms with Gasteiger partial charge in [0.2, 0.25) is 0 Å². The zero-order chi connectivity index (χ0) is 9.97. The SMILES string of the molecule is CN(C)[C@]12CCC[C@@]1(C)[C@@H]1CC[C@H]2C1. The van der Waals surface area contributed by atoms with Crippen molar-refractivity contribution in [3.63, 3.8) is 0 Å². The van der Waals surface area contributed by atoms with Crippen LogP contribution in [0.15, 0.2) is 0 Å². The van der Waals surface area contributed by atoms with Crippen LogP contribution in [0.3, 0.4) is 0 Å². The lowest BCUT2D eigenvalue weighted by molar-refractivity contribution is -0.0158. The monoisotopic (exact) mass is 193 g/mol. The van der Waals surface area contributed by atoms with Crippen molar-refractivity contribution in [2.24, 2.45) is 17.3 Å². The summed E-state index contributed by atoms with van der Waals surface area (Å²) in [6, 6.07) is 0. The van der Waals surface area contributed by atoms with Gasteiger partial charge in [0.25, 0.3) is 0 Å². The van der Waals surface area contributed by atoms with E-state index in [1.54, 1.807) is 0 Å². The van der Waals surface area contributed by atoms with E-state index in [-0.39, 0.29) is 0 Å². The van der Waals surface area contributed by atoms with Crippen molar-refractivity contribution in [2.45, 2.75) is 51.0 Å². The number of fused-ring (bicyclic) bond motifs is 5. The topological polar surface area (TPSA) is 3.24 Å². The van der Waals surface area contributed by atoms with Crippen molar-refractivity contribution < 1.29 is 0 Å². The normalized spacial score (nSPS) is 55.7. The molecule has 3 rings (SSSR count). The molecule has 3 aliphatic carbocycles. The molecule has 0 spiro atoms. The Hall–Kier alpha value is -0.0400. The van der Waals surface area contributed by atoms with Gasteiger partial charge in [-0.2, -0.15) is 0 Å². The Kier molecular flexibility index (Phi) is 1.68. The quantitative estimate of drug-likeness (QED) is 0.619. The van der Waals surface area contributed by atoms with Crippen LogP contribution in [-0.4, -0.2) is 24.5 Å². The Balaban J connectivity index is 2.08. The van der Waals surface area contributed by atoms with Crippen LogP contribution in [0.4, 0.5) is 0 Å². The molecule has 0 aliphatic heterocycles. The second-order valence-corrected chi connectivity index (χ2v) is 6.30. The van der Waals surface area contributed by atoms with Crippen LogP contribution in [0, 0.1) is 17.3 Å². The van der Waals surface area contributed by atoms with Gasteiger partial charge in [0.1, 0.15) is 0 Å². The first kappa shape index (κ1) is 9.21. The zero-order valence-corrected chi connectivity index (χ0v) is 9.84. The van der Waals surface area contributed by atoms with Gasteiger partial charge in [-0.15, -0.1) is 0 Å². The molecule has 3 fully saturated rings. The van der Waals surface area contributed by atoms with Gasteiger partial charge >= 0.3 is 0 Å². The van der Waals surface area contributed by atoms with E-state index in [4.69, 9.17) is 0 Å². The predicted molar refractivity (Wildman–Crippen MR) is 59.2 cm³/mol. The fourth-order valence-corrected chi connectivity index (χ4v) is 5.55. The molecule has 0 amide bonds. The van der Waals surface area contributed by atoms with Crippen molar-refractivity contribution in [3.05, 3.63) is 0 Å². The highest BCUT2D eigenvalue weighted by molar-refractivity contribution is 5.20. The maximum Gasteiger partial charge on any atom is 0.0287 e. The Morgan fingerprint density at radius 1 is 1.07 bits per heavy atom. The Bertz CT molecular complexity index is 260. The molecule has 3 saturated carbocycles. The summed E-state index contributed by atoms with van der Waals surface area (Å²) in [5.41, 5.74) is 1.26. The van der Waals surface area contributed by atoms with E-state index in [1.807, 2.05) is 0 Å². The summed E-state index contributed by atoms with van der Waals surface area (Å²) in [5.74, 6) is 2.08. The molecule has 0 aromatic rings. The van der Waals surface area contributed by atoms with E-state index in [0.29, 0.717) is 11.0 Å². The first-order valence-corrected chi connectivity index (χ1v) is 6.29. The van der Waals surface area contributed by atoms with Gasteiger partial charge in [0.15, 0.2) is 0 Å². The highest BCUT2D eigenvalue weighted by atomic mass is 15.2.